The first-order chi connectivity index (χ1) is 7.83. The second-order valence-electron chi connectivity index (χ2n) is 4.14. The number of fused-ring (bicyclic) bond motifs is 1. The maximum Gasteiger partial charge on any atom is 0.323 e. The van der Waals surface area contributed by atoms with E-state index in [4.69, 9.17) is 4.74 Å². The van der Waals surface area contributed by atoms with Crippen molar-refractivity contribution >= 4 is 17.7 Å². The van der Waals surface area contributed by atoms with Gasteiger partial charge in [0.2, 0.25) is 0 Å². The third-order valence-electron chi connectivity index (χ3n) is 2.92. The fourth-order valence-electron chi connectivity index (χ4n) is 1.96. The molecule has 2 aliphatic rings. The number of hydrogen-bond donors (Lipinski definition) is 1. The number of ether oxygens (including phenoxy) is 1. The molecule has 2 heterocycles. The Balaban J connectivity index is 1.50. The van der Waals surface area contributed by atoms with Crippen LogP contribution in [0.1, 0.15) is 12.0 Å². The molecule has 2 saturated heterocycles. The molecule has 16 heavy (non-hydrogen) atoms. The molecule has 1 N–H and O–H groups in total. The Morgan fingerprint density at radius 2 is 2.25 bits per heavy atom. The molecule has 3 nitrogen and oxygen atoms in total. The zero-order chi connectivity index (χ0) is 11.0. The molecule has 0 aromatic heterocycles. The van der Waals surface area contributed by atoms with Crippen LogP contribution in [-0.4, -0.2) is 22.6 Å². The van der Waals surface area contributed by atoms with E-state index in [0.29, 0.717) is 17.2 Å². The van der Waals surface area contributed by atoms with Crippen molar-refractivity contribution in [2.75, 3.05) is 0 Å². The van der Waals surface area contributed by atoms with Crippen molar-refractivity contribution < 1.29 is 9.53 Å². The second-order valence-corrected chi connectivity index (χ2v) is 5.53. The lowest BCUT2D eigenvalue weighted by molar-refractivity contribution is -0.147. The minimum Gasteiger partial charge on any atom is -0.460 e. The van der Waals surface area contributed by atoms with Crippen molar-refractivity contribution in [1.29, 1.82) is 0 Å². The lowest BCUT2D eigenvalue weighted by Crippen LogP contribution is -2.34. The van der Waals surface area contributed by atoms with Crippen molar-refractivity contribution in [1.82, 2.24) is 5.32 Å². The number of esters is 1. The van der Waals surface area contributed by atoms with Crippen LogP contribution < -0.4 is 5.32 Å². The molecular weight excluding hydrogens is 222 g/mol. The molecule has 2 aliphatic heterocycles. The van der Waals surface area contributed by atoms with Crippen molar-refractivity contribution in [3.63, 3.8) is 0 Å². The maximum absolute atomic E-state index is 11.7. The predicted octanol–water partition coefficient (Wildman–Crippen LogP) is 1.53. The molecule has 0 spiro atoms. The molecule has 0 unspecified atom stereocenters. The summed E-state index contributed by atoms with van der Waals surface area (Å²) in [5, 5.41) is 4.41. The molecule has 3 rings (SSSR count). The zero-order valence-electron chi connectivity index (χ0n) is 8.76. The maximum atomic E-state index is 11.7. The lowest BCUT2D eigenvalue weighted by Gasteiger charge is -2.12. The summed E-state index contributed by atoms with van der Waals surface area (Å²) in [6.07, 6.45) is 0.920. The van der Waals surface area contributed by atoms with Gasteiger partial charge in [-0.2, -0.15) is 0 Å². The number of carbonyl (C=O) groups excluding carboxylic acids is 1. The van der Waals surface area contributed by atoms with E-state index in [9.17, 15) is 4.79 Å². The van der Waals surface area contributed by atoms with Gasteiger partial charge in [-0.15, -0.1) is 11.8 Å². The van der Waals surface area contributed by atoms with Crippen molar-refractivity contribution in [2.45, 2.75) is 29.7 Å². The van der Waals surface area contributed by atoms with Crippen LogP contribution in [0.25, 0.3) is 0 Å². The third-order valence-corrected chi connectivity index (χ3v) is 4.18. The van der Waals surface area contributed by atoms with Gasteiger partial charge in [0.05, 0.1) is 5.37 Å². The van der Waals surface area contributed by atoms with Crippen LogP contribution in [0.3, 0.4) is 0 Å². The first-order valence-electron chi connectivity index (χ1n) is 5.45. The standard InChI is InChI=1S/C12H13NO2S/c14-12(9-6-10-11(13-9)16-10)15-7-8-4-2-1-3-5-8/h1-5,9-11,13H,6-7H2/t9-,10+,11+/m0/s1. The van der Waals surface area contributed by atoms with E-state index in [1.54, 1.807) is 0 Å². The van der Waals surface area contributed by atoms with Gasteiger partial charge in [-0.1, -0.05) is 30.3 Å². The van der Waals surface area contributed by atoms with Crippen molar-refractivity contribution in [3.8, 4) is 0 Å². The van der Waals surface area contributed by atoms with Gasteiger partial charge in [-0.25, -0.2) is 0 Å². The normalized spacial score (nSPS) is 30.9. The number of rotatable bonds is 3. The highest BCUT2D eigenvalue weighted by atomic mass is 32.2. The average molecular weight is 235 g/mol. The molecule has 4 heteroatoms. The molecule has 0 amide bonds. The summed E-state index contributed by atoms with van der Waals surface area (Å²) in [5.74, 6) is -0.114. The lowest BCUT2D eigenvalue weighted by atomic mass is 10.2. The molecular formula is C12H13NO2S. The third kappa shape index (κ3) is 2.08. The largest absolute Gasteiger partial charge is 0.460 e. The summed E-state index contributed by atoms with van der Waals surface area (Å²) >= 11 is 1.89. The van der Waals surface area contributed by atoms with Crippen LogP contribution in [-0.2, 0) is 16.1 Å². The van der Waals surface area contributed by atoms with E-state index in [1.807, 2.05) is 42.1 Å². The van der Waals surface area contributed by atoms with E-state index in [2.05, 4.69) is 5.32 Å². The minimum atomic E-state index is -0.114. The number of carbonyl (C=O) groups is 1. The van der Waals surface area contributed by atoms with Gasteiger partial charge in [-0.05, 0) is 12.0 Å². The number of benzene rings is 1. The average Bonchev–Trinajstić information content (AvgIpc) is 2.94. The predicted molar refractivity (Wildman–Crippen MR) is 62.9 cm³/mol. The van der Waals surface area contributed by atoms with Crippen LogP contribution in [0.5, 0.6) is 0 Å². The molecule has 0 aliphatic carbocycles. The first-order valence-corrected chi connectivity index (χ1v) is 6.39. The number of thioether (sulfide) groups is 1. The first kappa shape index (κ1) is 10.2. The van der Waals surface area contributed by atoms with E-state index in [1.165, 1.54) is 0 Å². The topological polar surface area (TPSA) is 38.3 Å². The summed E-state index contributed by atoms with van der Waals surface area (Å²) < 4.78 is 5.27. The van der Waals surface area contributed by atoms with Gasteiger partial charge in [-0.3, -0.25) is 10.1 Å². The Labute approximate surface area is 98.6 Å². The van der Waals surface area contributed by atoms with E-state index >= 15 is 0 Å². The zero-order valence-corrected chi connectivity index (χ0v) is 9.57. The molecule has 84 valence electrons. The van der Waals surface area contributed by atoms with Gasteiger partial charge >= 0.3 is 5.97 Å². The SMILES string of the molecule is O=C(OCc1ccccc1)[C@@H]1C[C@H]2S[C@H]2N1. The van der Waals surface area contributed by atoms with Crippen LogP contribution in [0.2, 0.25) is 0 Å². The summed E-state index contributed by atoms with van der Waals surface area (Å²) in [6.45, 7) is 0.375. The van der Waals surface area contributed by atoms with Crippen molar-refractivity contribution in [2.24, 2.45) is 0 Å². The molecule has 3 atom stereocenters. The Morgan fingerprint density at radius 1 is 1.44 bits per heavy atom. The quantitative estimate of drug-likeness (QED) is 0.637. The second kappa shape index (κ2) is 4.11. The number of hydrogen-bond acceptors (Lipinski definition) is 4. The van der Waals surface area contributed by atoms with Crippen molar-refractivity contribution in [3.05, 3.63) is 35.9 Å². The van der Waals surface area contributed by atoms with Gasteiger partial charge in [0.1, 0.15) is 12.6 Å². The Hall–Kier alpha value is -1.00. The van der Waals surface area contributed by atoms with Crippen LogP contribution >= 0.6 is 11.8 Å². The highest BCUT2D eigenvalue weighted by molar-refractivity contribution is 8.07. The Kier molecular flexibility index (Phi) is 2.61. The minimum absolute atomic E-state index is 0.0834. The smallest absolute Gasteiger partial charge is 0.323 e. The Morgan fingerprint density at radius 3 is 2.94 bits per heavy atom. The monoisotopic (exact) mass is 235 g/mol. The Bertz CT molecular complexity index is 385. The van der Waals surface area contributed by atoms with Gasteiger partial charge in [0.15, 0.2) is 0 Å². The van der Waals surface area contributed by atoms with E-state index < -0.39 is 0 Å². The van der Waals surface area contributed by atoms with Crippen LogP contribution in [0.4, 0.5) is 0 Å². The van der Waals surface area contributed by atoms with Gasteiger partial charge in [0.25, 0.3) is 0 Å². The summed E-state index contributed by atoms with van der Waals surface area (Å²) in [5.41, 5.74) is 1.04. The summed E-state index contributed by atoms with van der Waals surface area (Å²) in [7, 11) is 0. The molecule has 1 aromatic rings. The fraction of sp³-hybridized carbons (Fsp3) is 0.417. The van der Waals surface area contributed by atoms with Gasteiger partial charge in [0, 0.05) is 5.25 Å². The molecule has 2 fully saturated rings. The summed E-state index contributed by atoms with van der Waals surface area (Å²) in [4.78, 5) is 11.7. The van der Waals surface area contributed by atoms with E-state index in [-0.39, 0.29) is 12.0 Å². The van der Waals surface area contributed by atoms with Crippen LogP contribution in [0.15, 0.2) is 30.3 Å². The molecule has 0 saturated carbocycles. The van der Waals surface area contributed by atoms with Crippen LogP contribution in [0, 0.1) is 0 Å². The van der Waals surface area contributed by atoms with Gasteiger partial charge < -0.3 is 4.74 Å². The fourth-order valence-corrected chi connectivity index (χ4v) is 2.98. The summed E-state index contributed by atoms with van der Waals surface area (Å²) in [6, 6.07) is 9.69. The number of nitrogens with one attached hydrogen (secondary N) is 1. The molecule has 1 aromatic carbocycles. The highest BCUT2D eigenvalue weighted by Crippen LogP contribution is 2.47. The molecule has 0 radical (unpaired) electrons. The highest BCUT2D eigenvalue weighted by Gasteiger charge is 2.49. The van der Waals surface area contributed by atoms with E-state index in [0.717, 1.165) is 12.0 Å². The molecule has 0 bridgehead atoms.